The Morgan fingerprint density at radius 2 is 2.00 bits per heavy atom. The van der Waals surface area contributed by atoms with Crippen LogP contribution in [0.5, 0.6) is 0 Å². The van der Waals surface area contributed by atoms with E-state index in [1.807, 2.05) is 18.2 Å². The maximum absolute atomic E-state index is 10.6. The zero-order valence-corrected chi connectivity index (χ0v) is 18.0. The van der Waals surface area contributed by atoms with Crippen molar-refractivity contribution in [2.75, 3.05) is 12.3 Å². The summed E-state index contributed by atoms with van der Waals surface area (Å²) >= 11 is 6.14. The third-order valence-corrected chi connectivity index (χ3v) is 6.06. The first-order valence-corrected chi connectivity index (χ1v) is 10.6. The Balaban J connectivity index is 0.000000360. The van der Waals surface area contributed by atoms with Gasteiger partial charge in [0.05, 0.1) is 11.2 Å². The first kappa shape index (κ1) is 24.1. The summed E-state index contributed by atoms with van der Waals surface area (Å²) in [5, 5.41) is 17.8. The summed E-state index contributed by atoms with van der Waals surface area (Å²) < 4.78 is 31.7. The molecule has 32 heavy (non-hydrogen) atoms. The number of anilines is 1. The Kier molecular flexibility index (Phi) is 7.15. The van der Waals surface area contributed by atoms with Gasteiger partial charge in [-0.15, -0.1) is 0 Å². The molecule has 172 valence electrons. The van der Waals surface area contributed by atoms with E-state index in [2.05, 4.69) is 12.7 Å². The van der Waals surface area contributed by atoms with E-state index in [1.165, 1.54) is 11.1 Å². The number of aliphatic hydroxyl groups excluding tert-OH is 1. The maximum Gasteiger partial charge on any atom is 0.490 e. The fraction of sp³-hybridized carbons (Fsp3) is 0.391. The molecular formula is C23H24ClF3N2O3. The Morgan fingerprint density at radius 3 is 2.62 bits per heavy atom. The topological polar surface area (TPSA) is 96.4 Å². The fourth-order valence-corrected chi connectivity index (χ4v) is 4.52. The normalized spacial score (nSPS) is 19.7. The standard InChI is InChI=1S/C21H23ClN2O.C2HF3O2/c1-12-14-8-13(4-2-3-7-25)9-15(10-14)19-20(23)17-6-5-16(22)11-18(17)24-21(12)19;3-2(4,5)1(6)7/h5-6,8,11,14-15,25H,1-4,7,9-10H2,(H2,23,24);(H,6,7). The molecule has 5 nitrogen and oxygen atoms in total. The van der Waals surface area contributed by atoms with Crippen LogP contribution in [0.3, 0.4) is 0 Å². The van der Waals surface area contributed by atoms with Gasteiger partial charge in [-0.25, -0.2) is 9.78 Å². The van der Waals surface area contributed by atoms with Gasteiger partial charge in [-0.2, -0.15) is 13.2 Å². The third-order valence-electron chi connectivity index (χ3n) is 5.82. The molecule has 1 heterocycles. The molecule has 0 radical (unpaired) electrons. The van der Waals surface area contributed by atoms with Crippen LogP contribution in [0.25, 0.3) is 16.5 Å². The number of alkyl halides is 3. The number of nitrogen functional groups attached to an aromatic ring is 1. The summed E-state index contributed by atoms with van der Waals surface area (Å²) in [5.41, 5.74) is 12.9. The Labute approximate surface area is 188 Å². The van der Waals surface area contributed by atoms with Crippen molar-refractivity contribution in [1.82, 2.24) is 4.98 Å². The molecule has 0 fully saturated rings. The minimum atomic E-state index is -5.08. The van der Waals surface area contributed by atoms with Crippen LogP contribution in [0.4, 0.5) is 18.9 Å². The number of carbonyl (C=O) groups is 1. The smallest absolute Gasteiger partial charge is 0.475 e. The molecule has 4 rings (SSSR count). The molecule has 2 unspecified atom stereocenters. The summed E-state index contributed by atoms with van der Waals surface area (Å²) in [6.07, 6.45) is 2.34. The zero-order valence-electron chi connectivity index (χ0n) is 17.3. The van der Waals surface area contributed by atoms with E-state index in [1.54, 1.807) is 0 Å². The highest BCUT2D eigenvalue weighted by molar-refractivity contribution is 6.31. The number of hydrogen-bond acceptors (Lipinski definition) is 4. The van der Waals surface area contributed by atoms with Crippen LogP contribution in [0, 0.1) is 5.92 Å². The molecule has 0 saturated carbocycles. The molecule has 2 aliphatic rings. The van der Waals surface area contributed by atoms with Gasteiger partial charge in [-0.3, -0.25) is 0 Å². The highest BCUT2D eigenvalue weighted by Crippen LogP contribution is 2.51. The monoisotopic (exact) mass is 468 g/mol. The van der Waals surface area contributed by atoms with Crippen molar-refractivity contribution >= 4 is 39.7 Å². The summed E-state index contributed by atoms with van der Waals surface area (Å²) in [4.78, 5) is 13.8. The van der Waals surface area contributed by atoms with Gasteiger partial charge in [-0.1, -0.05) is 29.8 Å². The molecule has 0 aliphatic heterocycles. The second kappa shape index (κ2) is 9.50. The highest BCUT2D eigenvalue weighted by Gasteiger charge is 2.38. The zero-order chi connectivity index (χ0) is 23.6. The number of fused-ring (bicyclic) bond motifs is 5. The lowest BCUT2D eigenvalue weighted by atomic mass is 9.68. The van der Waals surface area contributed by atoms with E-state index in [9.17, 15) is 13.2 Å². The van der Waals surface area contributed by atoms with Gasteiger partial charge in [0.1, 0.15) is 0 Å². The molecular weight excluding hydrogens is 445 g/mol. The summed E-state index contributed by atoms with van der Waals surface area (Å²) in [7, 11) is 0. The van der Waals surface area contributed by atoms with Crippen LogP contribution in [0.1, 0.15) is 49.3 Å². The van der Waals surface area contributed by atoms with Crippen molar-refractivity contribution < 1.29 is 28.2 Å². The number of unbranched alkanes of at least 4 members (excludes halogenated alkanes) is 1. The van der Waals surface area contributed by atoms with Gasteiger partial charge in [0, 0.05) is 34.2 Å². The number of allylic oxidation sites excluding steroid dienone is 3. The van der Waals surface area contributed by atoms with Gasteiger partial charge in [0.2, 0.25) is 0 Å². The number of nitrogens with two attached hydrogens (primary N) is 1. The first-order chi connectivity index (χ1) is 15.0. The Morgan fingerprint density at radius 1 is 1.31 bits per heavy atom. The molecule has 4 N–H and O–H groups in total. The van der Waals surface area contributed by atoms with E-state index in [0.717, 1.165) is 60.0 Å². The van der Waals surface area contributed by atoms with E-state index in [-0.39, 0.29) is 6.61 Å². The molecule has 0 saturated heterocycles. The lowest BCUT2D eigenvalue weighted by molar-refractivity contribution is -0.192. The van der Waals surface area contributed by atoms with Gasteiger partial charge in [-0.05, 0) is 61.8 Å². The molecule has 2 aromatic rings. The van der Waals surface area contributed by atoms with E-state index in [0.29, 0.717) is 16.9 Å². The number of aromatic nitrogens is 1. The number of aliphatic carboxylic acids is 1. The number of carboxylic acids is 1. The molecule has 9 heteroatoms. The molecule has 2 bridgehead atoms. The average Bonchev–Trinajstić information content (AvgIpc) is 2.71. The van der Waals surface area contributed by atoms with Crippen LogP contribution in [-0.4, -0.2) is 33.9 Å². The molecule has 1 aromatic carbocycles. The largest absolute Gasteiger partial charge is 0.490 e. The van der Waals surface area contributed by atoms with Crippen molar-refractivity contribution in [3.63, 3.8) is 0 Å². The Bertz CT molecular complexity index is 1080. The number of pyridine rings is 1. The molecule has 2 atom stereocenters. The number of rotatable bonds is 4. The van der Waals surface area contributed by atoms with Crippen molar-refractivity contribution in [2.24, 2.45) is 5.92 Å². The predicted molar refractivity (Wildman–Crippen MR) is 118 cm³/mol. The molecule has 2 aliphatic carbocycles. The van der Waals surface area contributed by atoms with Crippen LogP contribution in [0.15, 0.2) is 36.4 Å². The van der Waals surface area contributed by atoms with E-state index >= 15 is 0 Å². The van der Waals surface area contributed by atoms with E-state index in [4.69, 9.17) is 37.3 Å². The quantitative estimate of drug-likeness (QED) is 0.394. The summed E-state index contributed by atoms with van der Waals surface area (Å²) in [5.74, 6) is -2.00. The minimum absolute atomic E-state index is 0.265. The summed E-state index contributed by atoms with van der Waals surface area (Å²) in [6, 6.07) is 5.72. The number of benzene rings is 1. The highest BCUT2D eigenvalue weighted by atomic mass is 35.5. The first-order valence-electron chi connectivity index (χ1n) is 10.2. The van der Waals surface area contributed by atoms with Gasteiger partial charge in [0.15, 0.2) is 0 Å². The number of halogens is 4. The third kappa shape index (κ3) is 5.07. The number of aliphatic hydroxyl groups is 1. The second-order valence-electron chi connectivity index (χ2n) is 8.03. The van der Waals surface area contributed by atoms with Gasteiger partial charge < -0.3 is 15.9 Å². The second-order valence-corrected chi connectivity index (χ2v) is 8.46. The van der Waals surface area contributed by atoms with Gasteiger partial charge >= 0.3 is 12.1 Å². The maximum atomic E-state index is 10.6. The fourth-order valence-electron chi connectivity index (χ4n) is 4.35. The van der Waals surface area contributed by atoms with Gasteiger partial charge in [0.25, 0.3) is 0 Å². The van der Waals surface area contributed by atoms with Crippen molar-refractivity contribution in [3.05, 3.63) is 52.7 Å². The van der Waals surface area contributed by atoms with Crippen LogP contribution < -0.4 is 5.73 Å². The van der Waals surface area contributed by atoms with Crippen molar-refractivity contribution in [2.45, 2.75) is 44.2 Å². The Hall–Kier alpha value is -2.58. The SMILES string of the molecule is C=C1c2nc3cc(Cl)ccc3c(N)c2C2CC(CCCCO)=CC1C2.O=C(O)C(F)(F)F. The van der Waals surface area contributed by atoms with Crippen LogP contribution in [-0.2, 0) is 4.79 Å². The summed E-state index contributed by atoms with van der Waals surface area (Å²) in [6.45, 7) is 4.61. The number of hydrogen-bond donors (Lipinski definition) is 3. The molecule has 0 spiro atoms. The predicted octanol–water partition coefficient (Wildman–Crippen LogP) is 5.71. The molecule has 0 amide bonds. The number of carboxylic acid groups (broad SMARTS) is 1. The lowest BCUT2D eigenvalue weighted by Crippen LogP contribution is -2.23. The molecule has 1 aromatic heterocycles. The average molecular weight is 469 g/mol. The minimum Gasteiger partial charge on any atom is -0.475 e. The number of nitrogens with zero attached hydrogens (tertiary/aromatic N) is 1. The lowest BCUT2D eigenvalue weighted by Gasteiger charge is -2.37. The van der Waals surface area contributed by atoms with Crippen LogP contribution >= 0.6 is 11.6 Å². The van der Waals surface area contributed by atoms with Crippen molar-refractivity contribution in [1.29, 1.82) is 0 Å². The van der Waals surface area contributed by atoms with Crippen molar-refractivity contribution in [3.8, 4) is 0 Å². The van der Waals surface area contributed by atoms with E-state index < -0.39 is 12.1 Å². The van der Waals surface area contributed by atoms with Crippen LogP contribution in [0.2, 0.25) is 5.02 Å².